The summed E-state index contributed by atoms with van der Waals surface area (Å²) in [7, 11) is 0. The van der Waals surface area contributed by atoms with Crippen molar-refractivity contribution in [3.8, 4) is 0 Å². The topological polar surface area (TPSA) is 72.9 Å². The number of hydrogen-bond acceptors (Lipinski definition) is 3. The monoisotopic (exact) mass is 331 g/mol. The SMILES string of the molecule is CC1(C(=O)O)CCN(C(=O)NC2CCN(c3ccccc3)CC2)C1. The van der Waals surface area contributed by atoms with E-state index in [9.17, 15) is 14.7 Å². The number of nitrogens with zero attached hydrogens (tertiary/aromatic N) is 2. The first-order valence-corrected chi connectivity index (χ1v) is 8.57. The number of benzene rings is 1. The zero-order valence-corrected chi connectivity index (χ0v) is 14.1. The molecule has 1 aromatic carbocycles. The fourth-order valence-electron chi connectivity index (χ4n) is 3.50. The maximum atomic E-state index is 12.4. The Labute approximate surface area is 142 Å². The highest BCUT2D eigenvalue weighted by molar-refractivity contribution is 5.79. The van der Waals surface area contributed by atoms with Crippen LogP contribution in [0.3, 0.4) is 0 Å². The van der Waals surface area contributed by atoms with Gasteiger partial charge in [0.25, 0.3) is 0 Å². The highest BCUT2D eigenvalue weighted by atomic mass is 16.4. The van der Waals surface area contributed by atoms with Gasteiger partial charge in [-0.05, 0) is 38.3 Å². The van der Waals surface area contributed by atoms with Gasteiger partial charge in [-0.1, -0.05) is 18.2 Å². The number of urea groups is 1. The summed E-state index contributed by atoms with van der Waals surface area (Å²) in [4.78, 5) is 27.6. The smallest absolute Gasteiger partial charge is 0.317 e. The fraction of sp³-hybridized carbons (Fsp3) is 0.556. The quantitative estimate of drug-likeness (QED) is 0.890. The number of carboxylic acids is 1. The number of carbonyl (C=O) groups is 2. The zero-order valence-electron chi connectivity index (χ0n) is 14.1. The van der Waals surface area contributed by atoms with Crippen molar-refractivity contribution in [2.75, 3.05) is 31.1 Å². The third-order valence-corrected chi connectivity index (χ3v) is 5.22. The highest BCUT2D eigenvalue weighted by Crippen LogP contribution is 2.30. The number of likely N-dealkylation sites (tertiary alicyclic amines) is 1. The van der Waals surface area contributed by atoms with Gasteiger partial charge in [0.05, 0.1) is 5.41 Å². The molecule has 2 aliphatic heterocycles. The summed E-state index contributed by atoms with van der Waals surface area (Å²) in [5, 5.41) is 12.3. The molecule has 0 bridgehead atoms. The number of amides is 2. The van der Waals surface area contributed by atoms with E-state index in [-0.39, 0.29) is 18.6 Å². The van der Waals surface area contributed by atoms with Crippen LogP contribution in [0, 0.1) is 5.41 Å². The minimum absolute atomic E-state index is 0.127. The zero-order chi connectivity index (χ0) is 17.2. The van der Waals surface area contributed by atoms with Crippen molar-refractivity contribution >= 4 is 17.7 Å². The second-order valence-corrected chi connectivity index (χ2v) is 7.08. The molecule has 0 saturated carbocycles. The van der Waals surface area contributed by atoms with Gasteiger partial charge in [0.15, 0.2) is 0 Å². The van der Waals surface area contributed by atoms with Crippen LogP contribution in [0.25, 0.3) is 0 Å². The Kier molecular flexibility index (Phi) is 4.64. The molecule has 6 nitrogen and oxygen atoms in total. The van der Waals surface area contributed by atoms with E-state index in [1.54, 1.807) is 11.8 Å². The molecule has 130 valence electrons. The lowest BCUT2D eigenvalue weighted by Crippen LogP contribution is -2.49. The molecule has 0 radical (unpaired) electrons. The molecule has 24 heavy (non-hydrogen) atoms. The Morgan fingerprint density at radius 1 is 1.17 bits per heavy atom. The van der Waals surface area contributed by atoms with Gasteiger partial charge in [0, 0.05) is 37.9 Å². The van der Waals surface area contributed by atoms with E-state index in [2.05, 4.69) is 22.3 Å². The van der Waals surface area contributed by atoms with Crippen LogP contribution < -0.4 is 10.2 Å². The summed E-state index contributed by atoms with van der Waals surface area (Å²) < 4.78 is 0. The van der Waals surface area contributed by atoms with E-state index in [1.807, 2.05) is 18.2 Å². The third-order valence-electron chi connectivity index (χ3n) is 5.22. The maximum Gasteiger partial charge on any atom is 0.317 e. The molecular formula is C18H25N3O3. The second kappa shape index (κ2) is 6.71. The Morgan fingerprint density at radius 3 is 2.42 bits per heavy atom. The molecule has 2 fully saturated rings. The number of para-hydroxylation sites is 1. The van der Waals surface area contributed by atoms with Crippen LogP contribution >= 0.6 is 0 Å². The van der Waals surface area contributed by atoms with Crippen molar-refractivity contribution in [2.45, 2.75) is 32.2 Å². The predicted molar refractivity (Wildman–Crippen MR) is 92.1 cm³/mol. The van der Waals surface area contributed by atoms with Gasteiger partial charge in [-0.3, -0.25) is 4.79 Å². The molecule has 0 spiro atoms. The van der Waals surface area contributed by atoms with Gasteiger partial charge in [-0.2, -0.15) is 0 Å². The van der Waals surface area contributed by atoms with Crippen LogP contribution in [0.4, 0.5) is 10.5 Å². The van der Waals surface area contributed by atoms with Crippen LogP contribution in [0.15, 0.2) is 30.3 Å². The molecule has 1 atom stereocenters. The molecule has 2 N–H and O–H groups in total. The first-order chi connectivity index (χ1) is 11.5. The number of anilines is 1. The van der Waals surface area contributed by atoms with E-state index in [1.165, 1.54) is 5.69 Å². The van der Waals surface area contributed by atoms with Gasteiger partial charge < -0.3 is 20.2 Å². The number of nitrogens with one attached hydrogen (secondary N) is 1. The van der Waals surface area contributed by atoms with E-state index >= 15 is 0 Å². The van der Waals surface area contributed by atoms with E-state index in [0.717, 1.165) is 25.9 Å². The number of rotatable bonds is 3. The molecule has 1 aromatic rings. The molecule has 0 aliphatic carbocycles. The van der Waals surface area contributed by atoms with Crippen LogP contribution in [0.2, 0.25) is 0 Å². The lowest BCUT2D eigenvalue weighted by Gasteiger charge is -2.34. The first kappa shape index (κ1) is 16.6. The summed E-state index contributed by atoms with van der Waals surface area (Å²) in [5.41, 5.74) is 0.410. The molecular weight excluding hydrogens is 306 g/mol. The van der Waals surface area contributed by atoms with Crippen molar-refractivity contribution in [3.05, 3.63) is 30.3 Å². The summed E-state index contributed by atoms with van der Waals surface area (Å²) >= 11 is 0. The minimum atomic E-state index is -0.825. The Hall–Kier alpha value is -2.24. The molecule has 2 aliphatic rings. The van der Waals surface area contributed by atoms with Gasteiger partial charge >= 0.3 is 12.0 Å². The van der Waals surface area contributed by atoms with Crippen LogP contribution in [0.1, 0.15) is 26.2 Å². The summed E-state index contributed by atoms with van der Waals surface area (Å²) in [6, 6.07) is 10.3. The van der Waals surface area contributed by atoms with Gasteiger partial charge in [-0.25, -0.2) is 4.79 Å². The average molecular weight is 331 g/mol. The lowest BCUT2D eigenvalue weighted by atomic mass is 9.90. The van der Waals surface area contributed by atoms with Crippen LogP contribution in [-0.4, -0.2) is 54.2 Å². The van der Waals surface area contributed by atoms with Crippen molar-refractivity contribution in [1.82, 2.24) is 10.2 Å². The molecule has 3 rings (SSSR count). The van der Waals surface area contributed by atoms with E-state index in [0.29, 0.717) is 13.0 Å². The van der Waals surface area contributed by atoms with Crippen molar-refractivity contribution < 1.29 is 14.7 Å². The summed E-state index contributed by atoms with van der Waals surface area (Å²) in [5.74, 6) is -0.825. The average Bonchev–Trinajstić information content (AvgIpc) is 3.00. The van der Waals surface area contributed by atoms with Crippen LogP contribution in [-0.2, 0) is 4.79 Å². The van der Waals surface area contributed by atoms with Crippen LogP contribution in [0.5, 0.6) is 0 Å². The normalized spacial score (nSPS) is 24.9. The third kappa shape index (κ3) is 3.47. The number of aliphatic carboxylic acids is 1. The Balaban J connectivity index is 1.48. The number of hydrogen-bond donors (Lipinski definition) is 2. The molecule has 6 heteroatoms. The molecule has 2 amide bonds. The highest BCUT2D eigenvalue weighted by Gasteiger charge is 2.42. The van der Waals surface area contributed by atoms with E-state index in [4.69, 9.17) is 0 Å². The molecule has 2 saturated heterocycles. The predicted octanol–water partition coefficient (Wildman–Crippen LogP) is 2.16. The maximum absolute atomic E-state index is 12.4. The number of carbonyl (C=O) groups excluding carboxylic acids is 1. The van der Waals surface area contributed by atoms with E-state index < -0.39 is 11.4 Å². The standard InChI is InChI=1S/C18H25N3O3/c1-18(16(22)23)9-12-21(13-18)17(24)19-14-7-10-20(11-8-14)15-5-3-2-4-6-15/h2-6,14H,7-13H2,1H3,(H,19,24)(H,22,23). The van der Waals surface area contributed by atoms with Crippen molar-refractivity contribution in [3.63, 3.8) is 0 Å². The fourth-order valence-corrected chi connectivity index (χ4v) is 3.50. The minimum Gasteiger partial charge on any atom is -0.481 e. The summed E-state index contributed by atoms with van der Waals surface area (Å²) in [6.45, 7) is 4.35. The molecule has 2 heterocycles. The van der Waals surface area contributed by atoms with Crippen molar-refractivity contribution in [1.29, 1.82) is 0 Å². The molecule has 1 unspecified atom stereocenters. The number of piperidine rings is 1. The first-order valence-electron chi connectivity index (χ1n) is 8.57. The van der Waals surface area contributed by atoms with Gasteiger partial charge in [0.1, 0.15) is 0 Å². The number of carboxylic acid groups (broad SMARTS) is 1. The Morgan fingerprint density at radius 2 is 1.83 bits per heavy atom. The van der Waals surface area contributed by atoms with Gasteiger partial charge in [0.2, 0.25) is 0 Å². The van der Waals surface area contributed by atoms with Crippen molar-refractivity contribution in [2.24, 2.45) is 5.41 Å². The Bertz CT molecular complexity index is 599. The van der Waals surface area contributed by atoms with Gasteiger partial charge in [-0.15, -0.1) is 0 Å². The largest absolute Gasteiger partial charge is 0.481 e. The molecule has 0 aromatic heterocycles. The summed E-state index contributed by atoms with van der Waals surface area (Å²) in [6.07, 6.45) is 2.33. The second-order valence-electron chi connectivity index (χ2n) is 7.08. The lowest BCUT2D eigenvalue weighted by molar-refractivity contribution is -0.146.